The van der Waals surface area contributed by atoms with Gasteiger partial charge >= 0.3 is 0 Å². The summed E-state index contributed by atoms with van der Waals surface area (Å²) >= 11 is 5.04. The van der Waals surface area contributed by atoms with Crippen molar-refractivity contribution in [2.75, 3.05) is 11.1 Å². The van der Waals surface area contributed by atoms with Gasteiger partial charge in [0.15, 0.2) is 0 Å². The summed E-state index contributed by atoms with van der Waals surface area (Å²) in [6.07, 6.45) is 1.01. The molecule has 1 aromatic rings. The molecule has 1 N–H and O–H groups in total. The van der Waals surface area contributed by atoms with Gasteiger partial charge in [0.2, 0.25) is 0 Å². The lowest BCUT2D eigenvalue weighted by Crippen LogP contribution is -2.25. The fraction of sp³-hybridized carbons (Fsp3) is 0.455. The number of hydrogen-bond acceptors (Lipinski definition) is 2. The highest BCUT2D eigenvalue weighted by atomic mass is 79.9. The molecule has 1 saturated heterocycles. The van der Waals surface area contributed by atoms with E-state index in [1.807, 2.05) is 11.8 Å². The highest BCUT2D eigenvalue weighted by Gasteiger charge is 2.25. The van der Waals surface area contributed by atoms with Gasteiger partial charge in [0.05, 0.1) is 5.69 Å². The zero-order valence-corrected chi connectivity index (χ0v) is 11.2. The largest absolute Gasteiger partial charge is 0.378 e. The Bertz CT molecular complexity index is 377. The molecule has 0 bridgehead atoms. The van der Waals surface area contributed by atoms with Crippen LogP contribution < -0.4 is 5.32 Å². The molecule has 1 aromatic carbocycles. The molecule has 2 unspecified atom stereocenters. The van der Waals surface area contributed by atoms with Crippen LogP contribution in [0, 0.1) is 11.6 Å². The van der Waals surface area contributed by atoms with Gasteiger partial charge in [0.25, 0.3) is 0 Å². The quantitative estimate of drug-likeness (QED) is 0.885. The minimum Gasteiger partial charge on any atom is -0.378 e. The van der Waals surface area contributed by atoms with E-state index in [9.17, 15) is 8.78 Å². The maximum Gasteiger partial charge on any atom is 0.150 e. The smallest absolute Gasteiger partial charge is 0.150 e. The molecule has 0 saturated carbocycles. The van der Waals surface area contributed by atoms with E-state index in [0.717, 1.165) is 18.2 Å². The molecule has 1 nitrogen and oxygen atoms in total. The molecule has 0 radical (unpaired) electrons. The van der Waals surface area contributed by atoms with Crippen molar-refractivity contribution in [3.8, 4) is 0 Å². The predicted molar refractivity (Wildman–Crippen MR) is 68.0 cm³/mol. The maximum atomic E-state index is 13.6. The summed E-state index contributed by atoms with van der Waals surface area (Å²) in [6, 6.07) is 2.43. The zero-order valence-electron chi connectivity index (χ0n) is 8.77. The maximum absolute atomic E-state index is 13.6. The van der Waals surface area contributed by atoms with Crippen LogP contribution in [-0.4, -0.2) is 17.0 Å². The summed E-state index contributed by atoms with van der Waals surface area (Å²) < 4.78 is 26.9. The summed E-state index contributed by atoms with van der Waals surface area (Å²) in [5.41, 5.74) is 0.362. The molecule has 88 valence electrons. The number of rotatable bonds is 2. The van der Waals surface area contributed by atoms with E-state index in [0.29, 0.717) is 15.4 Å². The molecule has 2 atom stereocenters. The molecule has 2 rings (SSSR count). The van der Waals surface area contributed by atoms with Gasteiger partial charge in [0, 0.05) is 21.8 Å². The van der Waals surface area contributed by atoms with Gasteiger partial charge < -0.3 is 5.32 Å². The number of halogens is 3. The molecule has 1 fully saturated rings. The highest BCUT2D eigenvalue weighted by Crippen LogP contribution is 2.33. The number of anilines is 1. The first kappa shape index (κ1) is 12.2. The SMILES string of the molecule is CC1SCCC1Nc1c(F)cc(F)cc1Br. The molecule has 1 aliphatic rings. The molecule has 0 aliphatic carbocycles. The average molecular weight is 308 g/mol. The lowest BCUT2D eigenvalue weighted by Gasteiger charge is -2.19. The van der Waals surface area contributed by atoms with Crippen LogP contribution in [0.25, 0.3) is 0 Å². The number of thioether (sulfide) groups is 1. The average Bonchev–Trinajstić information content (AvgIpc) is 2.57. The van der Waals surface area contributed by atoms with Crippen molar-refractivity contribution in [1.82, 2.24) is 0 Å². The molecule has 0 aromatic heterocycles. The van der Waals surface area contributed by atoms with E-state index in [1.165, 1.54) is 6.07 Å². The van der Waals surface area contributed by atoms with Gasteiger partial charge in [-0.25, -0.2) is 8.78 Å². The van der Waals surface area contributed by atoms with Gasteiger partial charge in [0.1, 0.15) is 11.6 Å². The Morgan fingerprint density at radius 3 is 2.75 bits per heavy atom. The minimum absolute atomic E-state index is 0.251. The van der Waals surface area contributed by atoms with E-state index in [4.69, 9.17) is 0 Å². The summed E-state index contributed by atoms with van der Waals surface area (Å²) in [4.78, 5) is 0. The Kier molecular flexibility index (Phi) is 3.74. The minimum atomic E-state index is -0.566. The third kappa shape index (κ3) is 2.51. The van der Waals surface area contributed by atoms with E-state index in [2.05, 4.69) is 28.2 Å². The second kappa shape index (κ2) is 4.92. The van der Waals surface area contributed by atoms with Crippen molar-refractivity contribution >= 4 is 33.4 Å². The Morgan fingerprint density at radius 1 is 1.44 bits per heavy atom. The summed E-state index contributed by atoms with van der Waals surface area (Å²) in [7, 11) is 0. The molecular formula is C11H12BrF2NS. The molecule has 5 heteroatoms. The lowest BCUT2D eigenvalue weighted by molar-refractivity contribution is 0.580. The number of nitrogens with one attached hydrogen (secondary N) is 1. The second-order valence-corrected chi connectivity index (χ2v) is 6.20. The third-order valence-corrected chi connectivity index (χ3v) is 4.66. The summed E-state index contributed by atoms with van der Waals surface area (Å²) in [5.74, 6) is -0.0287. The molecule has 0 amide bonds. The first-order chi connectivity index (χ1) is 7.58. The van der Waals surface area contributed by atoms with Crippen LogP contribution in [0.4, 0.5) is 14.5 Å². The Hall–Kier alpha value is -0.290. The van der Waals surface area contributed by atoms with E-state index >= 15 is 0 Å². The molecule has 0 spiro atoms. The van der Waals surface area contributed by atoms with Crippen LogP contribution >= 0.6 is 27.7 Å². The van der Waals surface area contributed by atoms with Crippen molar-refractivity contribution < 1.29 is 8.78 Å². The molecular weight excluding hydrogens is 296 g/mol. The van der Waals surface area contributed by atoms with E-state index in [1.54, 1.807) is 0 Å². The van der Waals surface area contributed by atoms with E-state index in [-0.39, 0.29) is 6.04 Å². The van der Waals surface area contributed by atoms with Gasteiger partial charge in [-0.1, -0.05) is 6.92 Å². The number of hydrogen-bond donors (Lipinski definition) is 1. The zero-order chi connectivity index (χ0) is 11.7. The van der Waals surface area contributed by atoms with Crippen molar-refractivity contribution in [3.63, 3.8) is 0 Å². The van der Waals surface area contributed by atoms with Crippen LogP contribution in [0.15, 0.2) is 16.6 Å². The van der Waals surface area contributed by atoms with Crippen LogP contribution in [0.5, 0.6) is 0 Å². The van der Waals surface area contributed by atoms with Crippen molar-refractivity contribution in [2.24, 2.45) is 0 Å². The van der Waals surface area contributed by atoms with Crippen LogP contribution in [0.3, 0.4) is 0 Å². The third-order valence-electron chi connectivity index (χ3n) is 2.71. The van der Waals surface area contributed by atoms with Crippen molar-refractivity contribution in [3.05, 3.63) is 28.2 Å². The van der Waals surface area contributed by atoms with Gasteiger partial charge in [-0.05, 0) is 34.2 Å². The first-order valence-corrected chi connectivity index (χ1v) is 6.95. The van der Waals surface area contributed by atoms with Crippen LogP contribution in [0.2, 0.25) is 0 Å². The predicted octanol–water partition coefficient (Wildman–Crippen LogP) is 4.03. The lowest BCUT2D eigenvalue weighted by atomic mass is 10.1. The summed E-state index contributed by atoms with van der Waals surface area (Å²) in [6.45, 7) is 2.12. The second-order valence-electron chi connectivity index (χ2n) is 3.86. The molecule has 16 heavy (non-hydrogen) atoms. The van der Waals surface area contributed by atoms with E-state index < -0.39 is 11.6 Å². The fourth-order valence-electron chi connectivity index (χ4n) is 1.79. The fourth-order valence-corrected chi connectivity index (χ4v) is 3.51. The topological polar surface area (TPSA) is 12.0 Å². The van der Waals surface area contributed by atoms with Crippen LogP contribution in [-0.2, 0) is 0 Å². The van der Waals surface area contributed by atoms with Gasteiger partial charge in [-0.2, -0.15) is 11.8 Å². The van der Waals surface area contributed by atoms with Crippen molar-refractivity contribution in [1.29, 1.82) is 0 Å². The van der Waals surface area contributed by atoms with Gasteiger partial charge in [-0.15, -0.1) is 0 Å². The molecule has 1 heterocycles. The molecule has 1 aliphatic heterocycles. The number of benzene rings is 1. The van der Waals surface area contributed by atoms with Crippen LogP contribution in [0.1, 0.15) is 13.3 Å². The Morgan fingerprint density at radius 2 is 2.19 bits per heavy atom. The Labute approximate surface area is 106 Å². The van der Waals surface area contributed by atoms with Crippen molar-refractivity contribution in [2.45, 2.75) is 24.6 Å². The standard InChI is InChI=1S/C11H12BrF2NS/c1-6-10(2-3-16-6)15-11-8(12)4-7(13)5-9(11)14/h4-6,10,15H,2-3H2,1H3. The summed E-state index contributed by atoms with van der Waals surface area (Å²) in [5, 5.41) is 3.60. The highest BCUT2D eigenvalue weighted by molar-refractivity contribution is 9.10. The monoisotopic (exact) mass is 307 g/mol. The Balaban J connectivity index is 2.21. The van der Waals surface area contributed by atoms with Gasteiger partial charge in [-0.3, -0.25) is 0 Å². The normalized spacial score (nSPS) is 24.8. The first-order valence-electron chi connectivity index (χ1n) is 5.10.